The number of rotatable bonds is 22. The van der Waals surface area contributed by atoms with Crippen molar-refractivity contribution in [1.82, 2.24) is 0 Å². The molecule has 144 heavy (non-hydrogen) atoms. The van der Waals surface area contributed by atoms with E-state index in [0.29, 0.717) is 12.5 Å². The van der Waals surface area contributed by atoms with Gasteiger partial charge in [-0.3, -0.25) is 0 Å². The smallest absolute Gasteiger partial charge is 0.267 e. The first-order valence-corrected chi connectivity index (χ1v) is 56.2. The molecule has 0 saturated carbocycles. The van der Waals surface area contributed by atoms with Gasteiger partial charge in [-0.05, 0) is 328 Å². The van der Waals surface area contributed by atoms with E-state index in [4.69, 9.17) is 9.47 Å². The quantitative estimate of drug-likeness (QED) is 0.0307. The maximum Gasteiger partial charge on any atom is 0.267 e. The molecule has 0 aliphatic heterocycles. The Kier molecular flexibility index (Phi) is 33.8. The monoisotopic (exact) mass is 2040 g/mol. The molecule has 0 bridgehead atoms. The van der Waals surface area contributed by atoms with Crippen LogP contribution in [0.4, 0.5) is 0 Å². The summed E-state index contributed by atoms with van der Waals surface area (Å²) in [7, 11) is -2.79. The molecule has 0 radical (unpaired) electrons. The van der Waals surface area contributed by atoms with Crippen LogP contribution in [-0.2, 0) is 91.2 Å². The van der Waals surface area contributed by atoms with Crippen molar-refractivity contribution < 1.29 is 45.9 Å². The largest absolute Gasteiger partial charge is 0.585 e. The zero-order valence-electron chi connectivity index (χ0n) is 100. The van der Waals surface area contributed by atoms with Gasteiger partial charge < -0.3 is 34.5 Å². The van der Waals surface area contributed by atoms with Crippen LogP contribution >= 0.6 is 0 Å². The van der Waals surface area contributed by atoms with Crippen LogP contribution in [0.3, 0.4) is 0 Å². The molecule has 0 aromatic heterocycles. The fourth-order valence-electron chi connectivity index (χ4n) is 23.9. The predicted molar refractivity (Wildman–Crippen MR) is 639 cm³/mol. The summed E-state index contributed by atoms with van der Waals surface area (Å²) < 4.78 is 12.5. The van der Waals surface area contributed by atoms with Crippen molar-refractivity contribution in [3.05, 3.63) is 251 Å². The van der Waals surface area contributed by atoms with Crippen LogP contribution in [0, 0.1) is 36.5 Å². The van der Waals surface area contributed by atoms with Gasteiger partial charge in [-0.1, -0.05) is 417 Å². The number of phenolic OH excluding ortho intramolecular Hbond substituents is 2. The molecule has 12 aromatic carbocycles. The molecule has 0 atom stereocenters. The van der Waals surface area contributed by atoms with Gasteiger partial charge in [-0.25, -0.2) is 0 Å². The number of hydrogen-bond acceptors (Lipinski definition) is 2. The molecule has 780 valence electrons. The van der Waals surface area contributed by atoms with Gasteiger partial charge in [0.05, 0.1) is 11.1 Å². The standard InChI is InChI=1S/C136H188O4Si.2CH3.Zr/c1-83(2)141(84(3)4,81-139-113-59-53-91(133(41,42)77-121(5,6)7)71-103(113)109-73-97(135(45,46)79-123(11,12)13)75-111(119(109)137)117-99-55-49-87(125(17,18)19)67-105(99)115(106-68-88(126(20,21)22)50-56-100(106)117)85-61-93(129(29,30)31)65-94(62-85)130(32,33)34)82-140-114-60-54-92(134(43,44)78-122(8,9)10)72-104(114)110-74-98(136(47,48)80-124(14,15)16)76-112(120(110)138)118-101-57-51-89(127(23,24)25)69-107(101)116(108-70-90(128(26,27)28)52-58-102(108)118)86-63-95(131(35,36)37)66-96(64-86)132(38,39)40;;;/h49-76,83-84,137-138H,77-82H2,1-48H3;2*1H3;/q;2*-1;/p+2. The molecule has 12 rings (SSSR count). The van der Waals surface area contributed by atoms with Crippen molar-refractivity contribution >= 4 is 51.2 Å². The Morgan fingerprint density at radius 1 is 0.215 bits per heavy atom. The van der Waals surface area contributed by atoms with Crippen LogP contribution < -0.4 is 0 Å². The third kappa shape index (κ3) is 26.0. The Morgan fingerprint density at radius 3 is 0.625 bits per heavy atom. The molecule has 0 spiro atoms. The minimum atomic E-state index is -2.79. The average molecular weight is 2040 g/mol. The number of aromatic hydroxyl groups is 4. The number of phenols is 2. The van der Waals surface area contributed by atoms with Crippen molar-refractivity contribution in [3.8, 4) is 89.8 Å². The van der Waals surface area contributed by atoms with Crippen molar-refractivity contribution in [3.63, 3.8) is 0 Å². The number of benzene rings is 12. The number of fused-ring (bicyclic) bond motifs is 4. The SMILES string of the molecule is CC(C)[Si](C[OH+]c1ccc(C(C)(C)CC(C)(C)C)cc1-c1cc(C(C)(C)CC(C)(C)C)cc(-c2c3ccc(C(C)(C)C)cc3c(-c3cc(C(C)(C)C)cc(C(C)(C)C)c3)c3cc(C(C)(C)C)ccc23)c1O)(C[OH+]c1ccc(C(C)(C)CC(C)(C)C)cc1-c1cc(C(C)(C)CC(C)(C)C)cc(-c2c3ccc(C(C)(C)C)cc3c(-c3cc(C(C)(C)C)cc(C(C)(C)C)c3)c3cc(C(C)(C)C)ccc23)c1O)C(C)C.[CH3-].[CH3-].[Zr]. The van der Waals surface area contributed by atoms with Gasteiger partial charge in [0.1, 0.15) is 11.5 Å². The van der Waals surface area contributed by atoms with E-state index in [2.05, 4.69) is 502 Å². The Balaban J connectivity index is 0.00000770. The zero-order valence-corrected chi connectivity index (χ0v) is 104. The normalized spacial score (nSPS) is 13.7. The zero-order chi connectivity index (χ0) is 106. The minimum Gasteiger partial charge on any atom is -0.585 e. The fraction of sp³-hybridized carbons (Fsp3) is 0.522. The van der Waals surface area contributed by atoms with Gasteiger partial charge in [0.15, 0.2) is 12.5 Å². The van der Waals surface area contributed by atoms with Crippen molar-refractivity contribution in [1.29, 1.82) is 0 Å². The van der Waals surface area contributed by atoms with Gasteiger partial charge in [0.25, 0.3) is 19.6 Å². The van der Waals surface area contributed by atoms with Crippen LogP contribution in [-0.4, -0.2) is 40.2 Å². The third-order valence-electron chi connectivity index (χ3n) is 31.3. The van der Waals surface area contributed by atoms with E-state index in [1.165, 1.54) is 111 Å². The van der Waals surface area contributed by atoms with Crippen LogP contribution in [0.15, 0.2) is 170 Å². The van der Waals surface area contributed by atoms with Gasteiger partial charge >= 0.3 is 0 Å². The summed E-state index contributed by atoms with van der Waals surface area (Å²) >= 11 is 0. The maximum absolute atomic E-state index is 14.7. The summed E-state index contributed by atoms with van der Waals surface area (Å²) in [6.07, 6.45) is 4.85. The molecule has 0 amide bonds. The molecule has 0 fully saturated rings. The molecule has 0 saturated heterocycles. The number of hydrogen-bond donors (Lipinski definition) is 2. The van der Waals surface area contributed by atoms with E-state index < -0.39 is 8.07 Å². The van der Waals surface area contributed by atoms with E-state index in [0.717, 1.165) is 103 Å². The second kappa shape index (κ2) is 40.7. The molecule has 0 aliphatic rings. The molecule has 6 heteroatoms. The average Bonchev–Trinajstić information content (AvgIpc) is 0.714. The van der Waals surface area contributed by atoms with E-state index in [-0.39, 0.29) is 150 Å². The molecule has 12 aromatic rings. The van der Waals surface area contributed by atoms with Crippen LogP contribution in [0.1, 0.15) is 425 Å². The summed E-state index contributed by atoms with van der Waals surface area (Å²) in [6, 6.07) is 67.8. The fourth-order valence-corrected chi connectivity index (χ4v) is 27.7. The first-order chi connectivity index (χ1) is 63.8. The summed E-state index contributed by atoms with van der Waals surface area (Å²) in [4.78, 5) is 0. The molecule has 0 unspecified atom stereocenters. The second-order valence-corrected chi connectivity index (χ2v) is 65.5. The summed E-state index contributed by atoms with van der Waals surface area (Å²) in [5.41, 5.74) is 25.1. The van der Waals surface area contributed by atoms with E-state index in [1.54, 1.807) is 0 Å². The molecule has 0 aliphatic carbocycles. The first kappa shape index (κ1) is 120. The molecular formula is C138H196O4SiZr. The summed E-state index contributed by atoms with van der Waals surface area (Å²) in [6.45, 7) is 114. The first-order valence-electron chi connectivity index (χ1n) is 53.7. The van der Waals surface area contributed by atoms with Crippen LogP contribution in [0.2, 0.25) is 11.1 Å². The van der Waals surface area contributed by atoms with Gasteiger partial charge in [-0.15, -0.1) is 0 Å². The molecule has 4 N–H and O–H groups in total. The third-order valence-corrected chi connectivity index (χ3v) is 37.4. The van der Waals surface area contributed by atoms with Gasteiger partial charge in [0.2, 0.25) is 0 Å². The van der Waals surface area contributed by atoms with Crippen molar-refractivity contribution in [2.45, 2.75) is 434 Å². The second-order valence-electron chi connectivity index (χ2n) is 60.1. The number of aliphatic hydroxyl groups is 2. The summed E-state index contributed by atoms with van der Waals surface area (Å²) in [5.74, 6) is 2.28. The minimum absolute atomic E-state index is 0. The Hall–Kier alpha value is -8.02. The number of ether oxygens (including phenoxy) is 2. The molecular weight excluding hydrogens is 1840 g/mol. The topological polar surface area (TPSA) is 66.1 Å². The van der Waals surface area contributed by atoms with E-state index >= 15 is 0 Å². The van der Waals surface area contributed by atoms with Crippen LogP contribution in [0.25, 0.3) is 110 Å². The van der Waals surface area contributed by atoms with Gasteiger partial charge in [-0.2, -0.15) is 0 Å². The van der Waals surface area contributed by atoms with E-state index in [9.17, 15) is 10.2 Å². The molecule has 0 heterocycles. The summed E-state index contributed by atoms with van der Waals surface area (Å²) in [5, 5.41) is 38.7. The maximum atomic E-state index is 14.7. The van der Waals surface area contributed by atoms with Crippen molar-refractivity contribution in [2.75, 3.05) is 12.5 Å². The Bertz CT molecular complexity index is 6090. The van der Waals surface area contributed by atoms with Crippen LogP contribution in [0.5, 0.6) is 23.0 Å². The Morgan fingerprint density at radius 2 is 0.417 bits per heavy atom. The molecule has 4 nitrogen and oxygen atoms in total. The van der Waals surface area contributed by atoms with Crippen molar-refractivity contribution in [2.24, 2.45) is 21.7 Å². The predicted octanol–water partition coefficient (Wildman–Crippen LogP) is 41.4. The van der Waals surface area contributed by atoms with Gasteiger partial charge in [0, 0.05) is 71.7 Å². The Labute approximate surface area is 899 Å². The van der Waals surface area contributed by atoms with E-state index in [1.807, 2.05) is 0 Å².